The Bertz CT molecular complexity index is 735. The normalized spacial score (nSPS) is 11.2. The average Bonchev–Trinajstić information content (AvgIpc) is 2.43. The lowest BCUT2D eigenvalue weighted by Gasteiger charge is -2.12. The Labute approximate surface area is 139 Å². The minimum Gasteiger partial charge on any atom is -0.369 e. The minimum atomic E-state index is -3.78. The van der Waals surface area contributed by atoms with Gasteiger partial charge in [-0.3, -0.25) is 4.72 Å². The van der Waals surface area contributed by atoms with Gasteiger partial charge in [-0.05, 0) is 57.0 Å². The molecule has 0 aromatic carbocycles. The Morgan fingerprint density at radius 3 is 2.48 bits per heavy atom. The largest absolute Gasteiger partial charge is 0.369 e. The van der Waals surface area contributed by atoms with E-state index in [-0.39, 0.29) is 10.7 Å². The summed E-state index contributed by atoms with van der Waals surface area (Å²) < 4.78 is 28.7. The number of halogens is 2. The molecule has 0 unspecified atom stereocenters. The van der Waals surface area contributed by atoms with Gasteiger partial charge in [0.25, 0.3) is 10.0 Å². The highest BCUT2D eigenvalue weighted by Gasteiger charge is 2.20. The molecule has 0 aliphatic carbocycles. The van der Waals surface area contributed by atoms with E-state index in [0.29, 0.717) is 16.8 Å². The summed E-state index contributed by atoms with van der Waals surface area (Å²) in [5.74, 6) is 0.533. The molecule has 0 bridgehead atoms. The molecule has 0 fully saturated rings. The van der Waals surface area contributed by atoms with Crippen LogP contribution < -0.4 is 10.0 Å². The van der Waals surface area contributed by atoms with Crippen LogP contribution in [0.3, 0.4) is 0 Å². The highest BCUT2D eigenvalue weighted by Crippen LogP contribution is 2.24. The first kappa shape index (κ1) is 16.2. The van der Waals surface area contributed by atoms with Crippen LogP contribution in [-0.4, -0.2) is 24.9 Å². The van der Waals surface area contributed by atoms with Crippen LogP contribution in [0.4, 0.5) is 11.6 Å². The monoisotopic (exact) mass is 434 g/mol. The lowest BCUT2D eigenvalue weighted by Crippen LogP contribution is -2.17. The van der Waals surface area contributed by atoms with Crippen LogP contribution in [-0.2, 0) is 10.0 Å². The molecule has 9 heteroatoms. The van der Waals surface area contributed by atoms with E-state index in [1.54, 1.807) is 12.1 Å². The van der Waals surface area contributed by atoms with E-state index in [1.807, 2.05) is 6.92 Å². The number of aromatic nitrogens is 2. The molecular weight excluding hydrogens is 424 g/mol. The second-order valence-corrected chi connectivity index (χ2v) is 7.48. The number of hydrogen-bond donors (Lipinski definition) is 2. The number of hydrogen-bond acceptors (Lipinski definition) is 5. The number of anilines is 2. The quantitative estimate of drug-likeness (QED) is 0.753. The van der Waals surface area contributed by atoms with Crippen molar-refractivity contribution in [1.82, 2.24) is 9.97 Å². The molecule has 0 spiro atoms. The van der Waals surface area contributed by atoms with Crippen LogP contribution in [0.15, 0.2) is 44.4 Å². The van der Waals surface area contributed by atoms with E-state index in [4.69, 9.17) is 0 Å². The van der Waals surface area contributed by atoms with Crippen molar-refractivity contribution in [2.45, 2.75) is 11.8 Å². The molecule has 0 aliphatic rings. The number of rotatable bonds is 5. The molecule has 0 saturated carbocycles. The molecule has 2 aromatic rings. The van der Waals surface area contributed by atoms with Crippen LogP contribution in [0.5, 0.6) is 0 Å². The maximum Gasteiger partial charge on any atom is 0.266 e. The molecule has 2 aromatic heterocycles. The van der Waals surface area contributed by atoms with Gasteiger partial charge >= 0.3 is 0 Å². The minimum absolute atomic E-state index is 0.0587. The number of sulfonamides is 1. The van der Waals surface area contributed by atoms with E-state index in [2.05, 4.69) is 51.9 Å². The third-order valence-electron chi connectivity index (χ3n) is 2.42. The first-order chi connectivity index (χ1) is 9.92. The second kappa shape index (κ2) is 6.71. The van der Waals surface area contributed by atoms with Crippen molar-refractivity contribution in [2.24, 2.45) is 0 Å². The predicted octanol–water partition coefficient (Wildman–Crippen LogP) is 3.23. The molecule has 6 nitrogen and oxygen atoms in total. The third-order valence-corrected chi connectivity index (χ3v) is 4.69. The Morgan fingerprint density at radius 1 is 1.14 bits per heavy atom. The maximum atomic E-state index is 12.5. The fourth-order valence-electron chi connectivity index (χ4n) is 1.55. The van der Waals surface area contributed by atoms with E-state index < -0.39 is 10.0 Å². The summed E-state index contributed by atoms with van der Waals surface area (Å²) in [6.07, 6.45) is 3.05. The molecule has 2 N–H and O–H groups in total. The average molecular weight is 436 g/mol. The van der Waals surface area contributed by atoms with Gasteiger partial charge in [0, 0.05) is 27.9 Å². The summed E-state index contributed by atoms with van der Waals surface area (Å²) in [5, 5.41) is 2.93. The van der Waals surface area contributed by atoms with Gasteiger partial charge in [-0.15, -0.1) is 0 Å². The Hall–Kier alpha value is -1.19. The maximum absolute atomic E-state index is 12.5. The van der Waals surface area contributed by atoms with Crippen molar-refractivity contribution in [2.75, 3.05) is 16.6 Å². The zero-order chi connectivity index (χ0) is 15.5. The fourth-order valence-corrected chi connectivity index (χ4v) is 3.44. The molecule has 112 valence electrons. The van der Waals surface area contributed by atoms with Crippen LogP contribution in [0.25, 0.3) is 0 Å². The van der Waals surface area contributed by atoms with Crippen LogP contribution in [0.1, 0.15) is 6.92 Å². The van der Waals surface area contributed by atoms with E-state index >= 15 is 0 Å². The summed E-state index contributed by atoms with van der Waals surface area (Å²) in [6, 6.07) is 4.77. The summed E-state index contributed by atoms with van der Waals surface area (Å²) in [7, 11) is -3.78. The summed E-state index contributed by atoms with van der Waals surface area (Å²) in [5.41, 5.74) is 0. The fraction of sp³-hybridized carbons (Fsp3) is 0.167. The number of nitrogens with zero attached hydrogens (tertiary/aromatic N) is 2. The van der Waals surface area contributed by atoms with Gasteiger partial charge in [0.05, 0.1) is 0 Å². The predicted molar refractivity (Wildman–Crippen MR) is 88.8 cm³/mol. The van der Waals surface area contributed by atoms with E-state index in [0.717, 1.165) is 4.47 Å². The van der Waals surface area contributed by atoms with Gasteiger partial charge in [0.1, 0.15) is 16.5 Å². The van der Waals surface area contributed by atoms with Gasteiger partial charge in [-0.2, -0.15) is 0 Å². The van der Waals surface area contributed by atoms with Crippen LogP contribution >= 0.6 is 31.9 Å². The van der Waals surface area contributed by atoms with Gasteiger partial charge in [-0.1, -0.05) is 0 Å². The van der Waals surface area contributed by atoms with Crippen LogP contribution in [0, 0.1) is 0 Å². The van der Waals surface area contributed by atoms with Crippen molar-refractivity contribution in [1.29, 1.82) is 0 Å². The number of pyridine rings is 2. The van der Waals surface area contributed by atoms with Gasteiger partial charge in [-0.25, -0.2) is 18.4 Å². The molecule has 2 heterocycles. The molecule has 0 aliphatic heterocycles. The zero-order valence-electron chi connectivity index (χ0n) is 11.0. The molecule has 0 saturated heterocycles. The highest BCUT2D eigenvalue weighted by molar-refractivity contribution is 9.10. The Kier molecular flexibility index (Phi) is 5.17. The third kappa shape index (κ3) is 4.14. The Balaban J connectivity index is 2.39. The topological polar surface area (TPSA) is 84.0 Å². The molecule has 21 heavy (non-hydrogen) atoms. The summed E-state index contributed by atoms with van der Waals surface area (Å²) >= 11 is 6.48. The van der Waals surface area contributed by atoms with Crippen molar-refractivity contribution >= 4 is 53.5 Å². The second-order valence-electron chi connectivity index (χ2n) is 4.00. The molecule has 0 amide bonds. The van der Waals surface area contributed by atoms with Crippen molar-refractivity contribution < 1.29 is 8.42 Å². The van der Waals surface area contributed by atoms with Crippen molar-refractivity contribution in [3.05, 3.63) is 39.5 Å². The van der Waals surface area contributed by atoms with Crippen molar-refractivity contribution in [3.63, 3.8) is 0 Å². The van der Waals surface area contributed by atoms with Gasteiger partial charge in [0.2, 0.25) is 0 Å². The van der Waals surface area contributed by atoms with Gasteiger partial charge in [0.15, 0.2) is 0 Å². The lowest BCUT2D eigenvalue weighted by atomic mass is 10.4. The highest BCUT2D eigenvalue weighted by atomic mass is 79.9. The molecule has 0 atom stereocenters. The zero-order valence-corrected chi connectivity index (χ0v) is 15.0. The van der Waals surface area contributed by atoms with Crippen molar-refractivity contribution in [3.8, 4) is 0 Å². The standard InChI is InChI=1S/C12H12Br2N4O2S/c1-2-15-12-10(5-9(14)7-17-12)21(19,20)18-11-4-3-8(13)6-16-11/h3-7H,2H2,1H3,(H,15,17)(H,16,18). The molecular formula is C12H12Br2N4O2S. The first-order valence-electron chi connectivity index (χ1n) is 5.96. The number of nitrogens with one attached hydrogen (secondary N) is 2. The summed E-state index contributed by atoms with van der Waals surface area (Å²) in [6.45, 7) is 2.43. The summed E-state index contributed by atoms with van der Waals surface area (Å²) in [4.78, 5) is 8.14. The van der Waals surface area contributed by atoms with E-state index in [9.17, 15) is 8.42 Å². The molecule has 2 rings (SSSR count). The molecule has 0 radical (unpaired) electrons. The van der Waals surface area contributed by atoms with E-state index in [1.165, 1.54) is 18.5 Å². The SMILES string of the molecule is CCNc1ncc(Br)cc1S(=O)(=O)Nc1ccc(Br)cn1. The van der Waals surface area contributed by atoms with Gasteiger partial charge < -0.3 is 5.32 Å². The lowest BCUT2D eigenvalue weighted by molar-refractivity contribution is 0.601. The first-order valence-corrected chi connectivity index (χ1v) is 9.03. The Morgan fingerprint density at radius 2 is 1.86 bits per heavy atom. The van der Waals surface area contributed by atoms with Crippen LogP contribution in [0.2, 0.25) is 0 Å². The smallest absolute Gasteiger partial charge is 0.266 e.